The van der Waals surface area contributed by atoms with Gasteiger partial charge in [0.25, 0.3) is 0 Å². The van der Waals surface area contributed by atoms with Gasteiger partial charge in [-0.15, -0.1) is 0 Å². The summed E-state index contributed by atoms with van der Waals surface area (Å²) in [5, 5.41) is 11.9. The summed E-state index contributed by atoms with van der Waals surface area (Å²) in [5.74, 6) is -1.55. The predicted molar refractivity (Wildman–Crippen MR) is 103 cm³/mol. The molecule has 140 valence electrons. The lowest BCUT2D eigenvalue weighted by Gasteiger charge is -2.33. The number of rotatable bonds is 5. The van der Waals surface area contributed by atoms with Crippen LogP contribution in [0.15, 0.2) is 66.4 Å². The van der Waals surface area contributed by atoms with Crippen molar-refractivity contribution in [1.82, 2.24) is 4.90 Å². The summed E-state index contributed by atoms with van der Waals surface area (Å²) in [4.78, 5) is 13.9. The third-order valence-electron chi connectivity index (χ3n) is 5.14. The average molecular weight is 365 g/mol. The van der Waals surface area contributed by atoms with E-state index in [1.807, 2.05) is 36.4 Å². The monoisotopic (exact) mass is 365 g/mol. The number of ether oxygens (including phenoxy) is 2. The van der Waals surface area contributed by atoms with E-state index in [0.717, 1.165) is 35.1 Å². The molecule has 0 bridgehead atoms. The highest BCUT2D eigenvalue weighted by molar-refractivity contribution is 5.85. The molecule has 2 aliphatic rings. The van der Waals surface area contributed by atoms with Crippen molar-refractivity contribution < 1.29 is 19.4 Å². The Morgan fingerprint density at radius 2 is 1.93 bits per heavy atom. The second-order valence-electron chi connectivity index (χ2n) is 6.83. The van der Waals surface area contributed by atoms with Crippen molar-refractivity contribution >= 4 is 16.7 Å². The molecule has 2 unspecified atom stereocenters. The van der Waals surface area contributed by atoms with E-state index >= 15 is 0 Å². The molecule has 0 spiro atoms. The number of carbonyl (C=O) groups is 1. The molecule has 0 aromatic heterocycles. The molecule has 5 heteroatoms. The van der Waals surface area contributed by atoms with Gasteiger partial charge in [-0.25, -0.2) is 0 Å². The topological polar surface area (TPSA) is 59.0 Å². The molecule has 27 heavy (non-hydrogen) atoms. The van der Waals surface area contributed by atoms with E-state index < -0.39 is 18.0 Å². The molecule has 1 fully saturated rings. The maximum absolute atomic E-state index is 11.7. The number of carboxylic acid groups (broad SMARTS) is 1. The number of allylic oxidation sites excluding steroid dienone is 1. The molecule has 1 aliphatic heterocycles. The Kier molecular flexibility index (Phi) is 5.23. The van der Waals surface area contributed by atoms with Crippen LogP contribution in [0.3, 0.4) is 0 Å². The van der Waals surface area contributed by atoms with Crippen molar-refractivity contribution in [3.8, 4) is 0 Å². The van der Waals surface area contributed by atoms with Gasteiger partial charge in [0, 0.05) is 18.8 Å². The van der Waals surface area contributed by atoms with Crippen LogP contribution in [-0.2, 0) is 20.9 Å². The number of carboxylic acids is 1. The van der Waals surface area contributed by atoms with Gasteiger partial charge in [-0.05, 0) is 28.5 Å². The maximum Gasteiger partial charge on any atom is 0.313 e. The number of benzene rings is 2. The molecule has 2 aromatic carbocycles. The van der Waals surface area contributed by atoms with Crippen LogP contribution in [0.5, 0.6) is 0 Å². The van der Waals surface area contributed by atoms with Gasteiger partial charge >= 0.3 is 5.97 Å². The molecular formula is C22H23NO4. The largest absolute Gasteiger partial charge is 0.481 e. The van der Waals surface area contributed by atoms with Gasteiger partial charge in [0.2, 0.25) is 0 Å². The number of fused-ring (bicyclic) bond motifs is 1. The fourth-order valence-electron chi connectivity index (χ4n) is 3.65. The number of nitrogens with zero attached hydrogens (tertiary/aromatic N) is 1. The van der Waals surface area contributed by atoms with E-state index in [0.29, 0.717) is 19.8 Å². The Labute approximate surface area is 158 Å². The summed E-state index contributed by atoms with van der Waals surface area (Å²) < 4.78 is 11.5. The van der Waals surface area contributed by atoms with Crippen LogP contribution in [0.2, 0.25) is 0 Å². The van der Waals surface area contributed by atoms with E-state index in [2.05, 4.69) is 23.1 Å². The first-order valence-corrected chi connectivity index (χ1v) is 9.26. The highest BCUT2D eigenvalue weighted by Crippen LogP contribution is 2.26. The van der Waals surface area contributed by atoms with Crippen molar-refractivity contribution in [2.45, 2.75) is 12.7 Å². The van der Waals surface area contributed by atoms with Crippen LogP contribution in [-0.4, -0.2) is 48.4 Å². The Morgan fingerprint density at radius 3 is 2.74 bits per heavy atom. The summed E-state index contributed by atoms with van der Waals surface area (Å²) in [6.45, 7) is 3.37. The molecule has 0 radical (unpaired) electrons. The van der Waals surface area contributed by atoms with E-state index in [1.165, 1.54) is 0 Å². The summed E-state index contributed by atoms with van der Waals surface area (Å²) in [7, 11) is 0. The number of aliphatic carboxylic acids is 1. The van der Waals surface area contributed by atoms with E-state index in [1.54, 1.807) is 6.08 Å². The standard InChI is InChI=1S/C22H23NO4/c24-22(25)20-9-8-18(23-10-12-26-13-11-23)14-21(20)27-15-17-6-3-5-16-4-1-2-7-19(16)17/h1-9,14,20-21H,10-13,15H2,(H,24,25). The van der Waals surface area contributed by atoms with Crippen LogP contribution >= 0.6 is 0 Å². The van der Waals surface area contributed by atoms with E-state index in [-0.39, 0.29) is 0 Å². The van der Waals surface area contributed by atoms with Crippen LogP contribution in [0.4, 0.5) is 0 Å². The highest BCUT2D eigenvalue weighted by atomic mass is 16.5. The second-order valence-corrected chi connectivity index (χ2v) is 6.83. The molecule has 1 heterocycles. The fourth-order valence-corrected chi connectivity index (χ4v) is 3.65. The number of hydrogen-bond donors (Lipinski definition) is 1. The molecule has 5 nitrogen and oxygen atoms in total. The molecule has 1 aliphatic carbocycles. The van der Waals surface area contributed by atoms with Gasteiger partial charge in [0.05, 0.1) is 25.9 Å². The Balaban J connectivity index is 1.54. The molecular weight excluding hydrogens is 342 g/mol. The van der Waals surface area contributed by atoms with Gasteiger partial charge in [-0.1, -0.05) is 48.5 Å². The van der Waals surface area contributed by atoms with Crippen molar-refractivity contribution in [2.24, 2.45) is 5.92 Å². The quantitative estimate of drug-likeness (QED) is 0.882. The summed E-state index contributed by atoms with van der Waals surface area (Å²) in [6, 6.07) is 14.3. The summed E-state index contributed by atoms with van der Waals surface area (Å²) in [6.07, 6.45) is 5.07. The minimum atomic E-state index is -0.869. The molecule has 4 rings (SSSR count). The lowest BCUT2D eigenvalue weighted by molar-refractivity contribution is -0.144. The Bertz CT molecular complexity index is 878. The lowest BCUT2D eigenvalue weighted by Crippen LogP contribution is -2.38. The molecule has 1 N–H and O–H groups in total. The molecule has 0 amide bonds. The van der Waals surface area contributed by atoms with E-state index in [4.69, 9.17) is 9.47 Å². The third kappa shape index (κ3) is 3.89. The average Bonchev–Trinajstić information content (AvgIpc) is 2.72. The van der Waals surface area contributed by atoms with Crippen LogP contribution in [0.25, 0.3) is 10.8 Å². The van der Waals surface area contributed by atoms with Gasteiger partial charge in [-0.3, -0.25) is 4.79 Å². The molecule has 2 aromatic rings. The predicted octanol–water partition coefficient (Wildman–Crippen LogP) is 3.21. The van der Waals surface area contributed by atoms with Gasteiger partial charge < -0.3 is 19.5 Å². The highest BCUT2D eigenvalue weighted by Gasteiger charge is 2.29. The molecule has 0 saturated carbocycles. The normalized spacial score (nSPS) is 22.7. The minimum absolute atomic E-state index is 0.372. The maximum atomic E-state index is 11.7. The zero-order valence-electron chi connectivity index (χ0n) is 15.1. The smallest absolute Gasteiger partial charge is 0.313 e. The van der Waals surface area contributed by atoms with Gasteiger partial charge in [0.15, 0.2) is 0 Å². The number of morpholine rings is 1. The SMILES string of the molecule is O=C(O)C1C=CC(N2CCOCC2)=CC1OCc1cccc2ccccc12. The number of hydrogen-bond acceptors (Lipinski definition) is 4. The van der Waals surface area contributed by atoms with Crippen molar-refractivity contribution in [3.05, 3.63) is 72.0 Å². The zero-order valence-corrected chi connectivity index (χ0v) is 15.1. The van der Waals surface area contributed by atoms with Crippen LogP contribution in [0.1, 0.15) is 5.56 Å². The summed E-state index contributed by atoms with van der Waals surface area (Å²) in [5.41, 5.74) is 2.08. The van der Waals surface area contributed by atoms with Gasteiger partial charge in [-0.2, -0.15) is 0 Å². The molecule has 1 saturated heterocycles. The first-order chi connectivity index (χ1) is 13.2. The van der Waals surface area contributed by atoms with Gasteiger partial charge in [0.1, 0.15) is 5.92 Å². The van der Waals surface area contributed by atoms with Crippen LogP contribution < -0.4 is 0 Å². The summed E-state index contributed by atoms with van der Waals surface area (Å²) >= 11 is 0. The minimum Gasteiger partial charge on any atom is -0.481 e. The third-order valence-corrected chi connectivity index (χ3v) is 5.14. The first kappa shape index (κ1) is 17.8. The first-order valence-electron chi connectivity index (χ1n) is 9.26. The molecule has 2 atom stereocenters. The lowest BCUT2D eigenvalue weighted by atomic mass is 9.95. The Hall–Kier alpha value is -2.63. The van der Waals surface area contributed by atoms with Crippen molar-refractivity contribution in [2.75, 3.05) is 26.3 Å². The van der Waals surface area contributed by atoms with E-state index in [9.17, 15) is 9.90 Å². The fraction of sp³-hybridized carbons (Fsp3) is 0.318. The second kappa shape index (κ2) is 7.94. The zero-order chi connectivity index (χ0) is 18.6. The van der Waals surface area contributed by atoms with Crippen molar-refractivity contribution in [3.63, 3.8) is 0 Å². The Morgan fingerprint density at radius 1 is 1.15 bits per heavy atom. The van der Waals surface area contributed by atoms with Crippen molar-refractivity contribution in [1.29, 1.82) is 0 Å². The van der Waals surface area contributed by atoms with Crippen LogP contribution in [0, 0.1) is 5.92 Å².